The van der Waals surface area contributed by atoms with Crippen LogP contribution >= 0.6 is 0 Å². The van der Waals surface area contributed by atoms with Gasteiger partial charge in [-0.2, -0.15) is 0 Å². The maximum absolute atomic E-state index is 12.6. The fourth-order valence-corrected chi connectivity index (χ4v) is 3.86. The molecule has 0 saturated heterocycles. The molecule has 0 aliphatic heterocycles. The van der Waals surface area contributed by atoms with Crippen LogP contribution in [-0.2, 0) is 10.0 Å². The van der Waals surface area contributed by atoms with Crippen molar-refractivity contribution in [3.05, 3.63) is 52.1 Å². The third kappa shape index (κ3) is 5.24. The number of carbonyl (C=O) groups is 1. The van der Waals surface area contributed by atoms with Gasteiger partial charge in [-0.15, -0.1) is 0 Å². The van der Waals surface area contributed by atoms with Gasteiger partial charge in [0.1, 0.15) is 5.56 Å². The van der Waals surface area contributed by atoms with E-state index in [9.17, 15) is 23.3 Å². The first kappa shape index (κ1) is 23.1. The molecule has 2 N–H and O–H groups in total. The summed E-state index contributed by atoms with van der Waals surface area (Å²) >= 11 is 0. The predicted octanol–water partition coefficient (Wildman–Crippen LogP) is 2.94. The Balaban J connectivity index is 2.29. The number of amides is 1. The second kappa shape index (κ2) is 9.55. The first-order valence-electron chi connectivity index (χ1n) is 8.97. The number of anilines is 1. The maximum Gasteiger partial charge on any atom is 0.286 e. The number of carbonyl (C=O) groups excluding carboxylic acids is 1. The first-order chi connectivity index (χ1) is 14.1. The summed E-state index contributed by atoms with van der Waals surface area (Å²) in [5.41, 5.74) is -0.415. The summed E-state index contributed by atoms with van der Waals surface area (Å²) in [5, 5.41) is 13.9. The van der Waals surface area contributed by atoms with Gasteiger partial charge in [0.25, 0.3) is 11.6 Å². The number of nitrogens with zero attached hydrogens (tertiary/aromatic N) is 1. The molecule has 2 aromatic carbocycles. The van der Waals surface area contributed by atoms with Crippen molar-refractivity contribution in [2.45, 2.75) is 31.2 Å². The van der Waals surface area contributed by atoms with Crippen LogP contribution in [0.5, 0.6) is 11.5 Å². The smallest absolute Gasteiger partial charge is 0.286 e. The second-order valence-electron chi connectivity index (χ2n) is 6.39. The van der Waals surface area contributed by atoms with E-state index in [2.05, 4.69) is 10.0 Å². The normalized spacial score (nSPS) is 12.1. The van der Waals surface area contributed by atoms with E-state index in [1.165, 1.54) is 44.6 Å². The molecule has 2 aromatic rings. The summed E-state index contributed by atoms with van der Waals surface area (Å²) in [6.07, 6.45) is 0.636. The van der Waals surface area contributed by atoms with Crippen molar-refractivity contribution in [3.8, 4) is 11.5 Å². The van der Waals surface area contributed by atoms with Crippen molar-refractivity contribution in [2.24, 2.45) is 0 Å². The van der Waals surface area contributed by atoms with Crippen LogP contribution in [0.15, 0.2) is 41.3 Å². The topological polar surface area (TPSA) is 137 Å². The van der Waals surface area contributed by atoms with Crippen LogP contribution in [-0.4, -0.2) is 39.5 Å². The fraction of sp³-hybridized carbons (Fsp3) is 0.316. The number of rotatable bonds is 9. The van der Waals surface area contributed by atoms with E-state index >= 15 is 0 Å². The molecule has 0 bridgehead atoms. The molecule has 11 heteroatoms. The monoisotopic (exact) mass is 437 g/mol. The number of nitro groups is 1. The minimum absolute atomic E-state index is 0.0397. The van der Waals surface area contributed by atoms with E-state index in [1.807, 2.05) is 6.92 Å². The van der Waals surface area contributed by atoms with E-state index < -0.39 is 26.5 Å². The molecule has 0 aliphatic rings. The average Bonchev–Trinajstić information content (AvgIpc) is 2.72. The van der Waals surface area contributed by atoms with Crippen molar-refractivity contribution in [1.82, 2.24) is 4.72 Å². The molecule has 0 spiro atoms. The zero-order valence-electron chi connectivity index (χ0n) is 17.0. The highest BCUT2D eigenvalue weighted by Gasteiger charge is 2.25. The van der Waals surface area contributed by atoms with Gasteiger partial charge in [0.2, 0.25) is 10.0 Å². The predicted molar refractivity (Wildman–Crippen MR) is 111 cm³/mol. The van der Waals surface area contributed by atoms with Crippen LogP contribution < -0.4 is 19.5 Å². The Kier molecular flexibility index (Phi) is 7.35. The summed E-state index contributed by atoms with van der Waals surface area (Å²) < 4.78 is 37.3. The Morgan fingerprint density at radius 1 is 1.13 bits per heavy atom. The molecule has 0 saturated carbocycles. The lowest BCUT2D eigenvalue weighted by molar-refractivity contribution is -0.385. The fourth-order valence-electron chi connectivity index (χ4n) is 2.53. The summed E-state index contributed by atoms with van der Waals surface area (Å²) in [7, 11) is -1.01. The minimum Gasteiger partial charge on any atom is -0.493 e. The Hall–Kier alpha value is -3.18. The van der Waals surface area contributed by atoms with Gasteiger partial charge in [-0.25, -0.2) is 13.1 Å². The lowest BCUT2D eigenvalue weighted by atomic mass is 10.1. The molecule has 0 aliphatic carbocycles. The van der Waals surface area contributed by atoms with Crippen LogP contribution in [0.4, 0.5) is 11.4 Å². The van der Waals surface area contributed by atoms with Crippen molar-refractivity contribution in [2.75, 3.05) is 19.5 Å². The minimum atomic E-state index is -3.69. The SMILES string of the molecule is CCC(C)NS(=O)(=O)c1ccc(NC(=O)c2cc(OC)c(OC)cc2[N+](=O)[O-])cc1. The summed E-state index contributed by atoms with van der Waals surface area (Å²) in [4.78, 5) is 23.3. The quantitative estimate of drug-likeness (QED) is 0.454. The molecule has 0 aromatic heterocycles. The molecule has 162 valence electrons. The molecule has 1 unspecified atom stereocenters. The Morgan fingerprint density at radius 2 is 1.70 bits per heavy atom. The van der Waals surface area contributed by atoms with Crippen molar-refractivity contribution in [3.63, 3.8) is 0 Å². The van der Waals surface area contributed by atoms with Gasteiger partial charge < -0.3 is 14.8 Å². The van der Waals surface area contributed by atoms with E-state index in [0.717, 1.165) is 6.07 Å². The third-order valence-corrected chi connectivity index (χ3v) is 5.94. The standard InChI is InChI=1S/C19H23N3O7S/c1-5-12(2)21-30(26,27)14-8-6-13(7-9-14)20-19(23)15-10-17(28-3)18(29-4)11-16(15)22(24)25/h6-12,21H,5H2,1-4H3,(H,20,23). The van der Waals surface area contributed by atoms with Gasteiger partial charge in [0.05, 0.1) is 30.1 Å². The number of hydrogen-bond donors (Lipinski definition) is 2. The molecule has 1 amide bonds. The first-order valence-corrected chi connectivity index (χ1v) is 10.4. The van der Waals surface area contributed by atoms with E-state index in [-0.39, 0.29) is 33.7 Å². The van der Waals surface area contributed by atoms with E-state index in [0.29, 0.717) is 6.42 Å². The van der Waals surface area contributed by atoms with Gasteiger partial charge in [-0.1, -0.05) is 6.92 Å². The Bertz CT molecular complexity index is 1040. The summed E-state index contributed by atoms with van der Waals surface area (Å²) in [5.74, 6) is -0.481. The molecule has 1 atom stereocenters. The summed E-state index contributed by atoms with van der Waals surface area (Å²) in [6, 6.07) is 7.56. The highest BCUT2D eigenvalue weighted by atomic mass is 32.2. The zero-order chi connectivity index (χ0) is 22.5. The number of hydrogen-bond acceptors (Lipinski definition) is 7. The lowest BCUT2D eigenvalue weighted by Crippen LogP contribution is -2.31. The van der Waals surface area contributed by atoms with E-state index in [1.54, 1.807) is 6.92 Å². The van der Waals surface area contributed by atoms with Crippen LogP contribution in [0.3, 0.4) is 0 Å². The molecule has 10 nitrogen and oxygen atoms in total. The number of methoxy groups -OCH3 is 2. The van der Waals surface area contributed by atoms with Crippen molar-refractivity contribution < 1.29 is 27.6 Å². The molecule has 30 heavy (non-hydrogen) atoms. The molecular formula is C19H23N3O7S. The third-order valence-electron chi connectivity index (χ3n) is 4.33. The van der Waals surface area contributed by atoms with Gasteiger partial charge >= 0.3 is 0 Å². The second-order valence-corrected chi connectivity index (χ2v) is 8.10. The van der Waals surface area contributed by atoms with E-state index in [4.69, 9.17) is 9.47 Å². The largest absolute Gasteiger partial charge is 0.493 e. The number of sulfonamides is 1. The molecule has 0 heterocycles. The van der Waals surface area contributed by atoms with Crippen LogP contribution in [0, 0.1) is 10.1 Å². The van der Waals surface area contributed by atoms with Crippen LogP contribution in [0.2, 0.25) is 0 Å². The Labute approximate surface area is 174 Å². The average molecular weight is 437 g/mol. The zero-order valence-corrected chi connectivity index (χ0v) is 17.8. The Morgan fingerprint density at radius 3 is 2.20 bits per heavy atom. The van der Waals surface area contributed by atoms with Gasteiger partial charge in [0, 0.05) is 17.8 Å². The molecular weight excluding hydrogens is 414 g/mol. The molecule has 0 fully saturated rings. The maximum atomic E-state index is 12.6. The van der Waals surface area contributed by atoms with Gasteiger partial charge in [0.15, 0.2) is 11.5 Å². The lowest BCUT2D eigenvalue weighted by Gasteiger charge is -2.13. The highest BCUT2D eigenvalue weighted by molar-refractivity contribution is 7.89. The molecule has 0 radical (unpaired) electrons. The molecule has 2 rings (SSSR count). The van der Waals surface area contributed by atoms with Crippen molar-refractivity contribution in [1.29, 1.82) is 0 Å². The van der Waals surface area contributed by atoms with Gasteiger partial charge in [-0.05, 0) is 37.6 Å². The number of nitro benzene ring substituents is 1. The number of ether oxygens (including phenoxy) is 2. The number of nitrogens with one attached hydrogen (secondary N) is 2. The number of benzene rings is 2. The van der Waals surface area contributed by atoms with Gasteiger partial charge in [-0.3, -0.25) is 14.9 Å². The van der Waals surface area contributed by atoms with Crippen LogP contribution in [0.25, 0.3) is 0 Å². The summed E-state index contributed by atoms with van der Waals surface area (Å²) in [6.45, 7) is 3.61. The highest BCUT2D eigenvalue weighted by Crippen LogP contribution is 2.34. The van der Waals surface area contributed by atoms with Crippen LogP contribution in [0.1, 0.15) is 30.6 Å². The van der Waals surface area contributed by atoms with Crippen molar-refractivity contribution >= 4 is 27.3 Å².